The molecule has 2 N–H and O–H groups in total. The fraction of sp³-hybridized carbons (Fsp3) is 0.300. The fourth-order valence-electron chi connectivity index (χ4n) is 2.69. The van der Waals surface area contributed by atoms with E-state index in [9.17, 15) is 10.1 Å². The number of nitrogens with two attached hydrogens (primary N) is 1. The number of methoxy groups -OCH3 is 1. The Labute approximate surface area is 143 Å². The Morgan fingerprint density at radius 1 is 1.17 bits per heavy atom. The molecule has 24 heavy (non-hydrogen) atoms. The van der Waals surface area contributed by atoms with Crippen LogP contribution in [0.4, 0.5) is 0 Å². The summed E-state index contributed by atoms with van der Waals surface area (Å²) in [6, 6.07) is 17.7. The van der Waals surface area contributed by atoms with Gasteiger partial charge >= 0.3 is 5.97 Å². The van der Waals surface area contributed by atoms with Crippen molar-refractivity contribution in [1.82, 2.24) is 0 Å². The molecule has 2 aromatic rings. The molecule has 0 aromatic heterocycles. The Hall–Kier alpha value is -2.64. The molecule has 0 unspecified atom stereocenters. The van der Waals surface area contributed by atoms with Gasteiger partial charge in [0.15, 0.2) is 6.04 Å². The monoisotopic (exact) mass is 323 g/mol. The number of quaternary nitrogens is 1. The van der Waals surface area contributed by atoms with Crippen molar-refractivity contribution in [3.05, 3.63) is 59.7 Å². The highest BCUT2D eigenvalue weighted by molar-refractivity contribution is 5.74. The lowest BCUT2D eigenvalue weighted by molar-refractivity contribution is -0.698. The van der Waals surface area contributed by atoms with Gasteiger partial charge in [0.25, 0.3) is 0 Å². The molecule has 2 rings (SSSR count). The standard InChI is InChI=1S/C20H22N2O2/c1-14(2)19(20(23)24-3)22-13-15-8-10-16(11-9-15)18-7-5-4-6-17(18)12-21/h4-11,14,19,22H,13H2,1-3H3/p+1/t19-/m0/s1. The second-order valence-electron chi connectivity index (χ2n) is 6.09. The van der Waals surface area contributed by atoms with Crippen molar-refractivity contribution in [2.45, 2.75) is 26.4 Å². The van der Waals surface area contributed by atoms with E-state index in [4.69, 9.17) is 4.74 Å². The number of carbonyl (C=O) groups excluding carboxylic acids is 1. The molecule has 124 valence electrons. The van der Waals surface area contributed by atoms with Crippen LogP contribution in [-0.2, 0) is 16.1 Å². The molecule has 1 atom stereocenters. The van der Waals surface area contributed by atoms with Crippen LogP contribution in [0.2, 0.25) is 0 Å². The van der Waals surface area contributed by atoms with Crippen LogP contribution in [0, 0.1) is 17.2 Å². The maximum atomic E-state index is 11.8. The SMILES string of the molecule is COC(=O)[C@@H]([NH2+]Cc1ccc(-c2ccccc2C#N)cc1)C(C)C. The summed E-state index contributed by atoms with van der Waals surface area (Å²) in [4.78, 5) is 11.8. The van der Waals surface area contributed by atoms with Gasteiger partial charge in [-0.05, 0) is 17.2 Å². The summed E-state index contributed by atoms with van der Waals surface area (Å²) in [5.41, 5.74) is 3.75. The highest BCUT2D eigenvalue weighted by atomic mass is 16.5. The third-order valence-electron chi connectivity index (χ3n) is 4.11. The minimum Gasteiger partial charge on any atom is -0.465 e. The van der Waals surface area contributed by atoms with Crippen LogP contribution < -0.4 is 5.32 Å². The molecule has 0 saturated carbocycles. The van der Waals surface area contributed by atoms with E-state index in [-0.39, 0.29) is 17.9 Å². The second kappa shape index (κ2) is 8.28. The lowest BCUT2D eigenvalue weighted by Crippen LogP contribution is -2.91. The van der Waals surface area contributed by atoms with Crippen LogP contribution in [0.15, 0.2) is 48.5 Å². The lowest BCUT2D eigenvalue weighted by Gasteiger charge is -2.16. The zero-order valence-electron chi connectivity index (χ0n) is 14.3. The Bertz CT molecular complexity index is 730. The zero-order valence-corrected chi connectivity index (χ0v) is 14.3. The van der Waals surface area contributed by atoms with Gasteiger partial charge in [-0.1, -0.05) is 56.3 Å². The Morgan fingerprint density at radius 3 is 2.42 bits per heavy atom. The minimum atomic E-state index is -0.200. The van der Waals surface area contributed by atoms with Gasteiger partial charge in [-0.15, -0.1) is 0 Å². The van der Waals surface area contributed by atoms with Crippen molar-refractivity contribution in [3.8, 4) is 17.2 Å². The van der Waals surface area contributed by atoms with Crippen molar-refractivity contribution in [1.29, 1.82) is 5.26 Å². The summed E-state index contributed by atoms with van der Waals surface area (Å²) in [6.07, 6.45) is 0. The predicted molar refractivity (Wildman–Crippen MR) is 92.9 cm³/mol. The molecule has 0 aliphatic carbocycles. The zero-order chi connectivity index (χ0) is 17.5. The molecule has 0 saturated heterocycles. The molecule has 0 radical (unpaired) electrons. The van der Waals surface area contributed by atoms with Crippen molar-refractivity contribution in [2.24, 2.45) is 5.92 Å². The summed E-state index contributed by atoms with van der Waals surface area (Å²) < 4.78 is 4.86. The number of esters is 1. The molecule has 0 aliphatic rings. The first kappa shape index (κ1) is 17.7. The third kappa shape index (κ3) is 4.21. The number of hydrogen-bond acceptors (Lipinski definition) is 3. The summed E-state index contributed by atoms with van der Waals surface area (Å²) in [6.45, 7) is 4.73. The molecule has 0 aliphatic heterocycles. The molecule has 2 aromatic carbocycles. The molecule has 4 nitrogen and oxygen atoms in total. The number of rotatable bonds is 6. The average molecular weight is 323 g/mol. The second-order valence-corrected chi connectivity index (χ2v) is 6.09. The van der Waals surface area contributed by atoms with Crippen LogP contribution >= 0.6 is 0 Å². The maximum Gasteiger partial charge on any atom is 0.364 e. The van der Waals surface area contributed by atoms with Crippen LogP contribution in [0.5, 0.6) is 0 Å². The van der Waals surface area contributed by atoms with Crippen LogP contribution in [0.1, 0.15) is 25.0 Å². The first-order valence-electron chi connectivity index (χ1n) is 8.06. The quantitative estimate of drug-likeness (QED) is 0.831. The normalized spacial score (nSPS) is 11.8. The van der Waals surface area contributed by atoms with Crippen LogP contribution in [0.25, 0.3) is 11.1 Å². The van der Waals surface area contributed by atoms with Gasteiger partial charge in [-0.2, -0.15) is 5.26 Å². The smallest absolute Gasteiger partial charge is 0.364 e. The van der Waals surface area contributed by atoms with E-state index in [1.807, 2.05) is 67.7 Å². The van der Waals surface area contributed by atoms with Gasteiger partial charge in [0.05, 0.1) is 18.7 Å². The van der Waals surface area contributed by atoms with E-state index in [1.165, 1.54) is 7.11 Å². The molecule has 0 heterocycles. The molecular formula is C20H23N2O2+. The number of benzene rings is 2. The summed E-state index contributed by atoms with van der Waals surface area (Å²) >= 11 is 0. The number of nitriles is 1. The summed E-state index contributed by atoms with van der Waals surface area (Å²) in [7, 11) is 1.42. The Morgan fingerprint density at radius 2 is 1.83 bits per heavy atom. The van der Waals surface area contributed by atoms with Gasteiger partial charge in [0.2, 0.25) is 0 Å². The Kier molecular flexibility index (Phi) is 6.11. The number of ether oxygens (including phenoxy) is 1. The van der Waals surface area contributed by atoms with Crippen LogP contribution in [-0.4, -0.2) is 19.1 Å². The molecule has 0 bridgehead atoms. The van der Waals surface area contributed by atoms with Crippen molar-refractivity contribution >= 4 is 5.97 Å². The number of nitrogens with zero attached hydrogens (tertiary/aromatic N) is 1. The number of carbonyl (C=O) groups is 1. The first-order valence-corrected chi connectivity index (χ1v) is 8.06. The van der Waals surface area contributed by atoms with E-state index >= 15 is 0 Å². The van der Waals surface area contributed by atoms with Crippen molar-refractivity contribution in [3.63, 3.8) is 0 Å². The molecule has 4 heteroatoms. The van der Waals surface area contributed by atoms with E-state index in [2.05, 4.69) is 6.07 Å². The van der Waals surface area contributed by atoms with Gasteiger partial charge in [0, 0.05) is 11.5 Å². The molecule has 0 spiro atoms. The number of hydrogen-bond donors (Lipinski definition) is 1. The largest absolute Gasteiger partial charge is 0.465 e. The van der Waals surface area contributed by atoms with E-state index < -0.39 is 0 Å². The van der Waals surface area contributed by atoms with E-state index in [1.54, 1.807) is 0 Å². The van der Waals surface area contributed by atoms with Crippen molar-refractivity contribution in [2.75, 3.05) is 7.11 Å². The molecular weight excluding hydrogens is 300 g/mol. The first-order chi connectivity index (χ1) is 11.6. The third-order valence-corrected chi connectivity index (χ3v) is 4.11. The summed E-state index contributed by atoms with van der Waals surface area (Å²) in [5, 5.41) is 11.2. The predicted octanol–water partition coefficient (Wildman–Crippen LogP) is 2.49. The highest BCUT2D eigenvalue weighted by Gasteiger charge is 2.26. The lowest BCUT2D eigenvalue weighted by atomic mass is 9.99. The summed E-state index contributed by atoms with van der Waals surface area (Å²) in [5.74, 6) is 0.0174. The molecule has 0 fully saturated rings. The topological polar surface area (TPSA) is 66.7 Å². The van der Waals surface area contributed by atoms with Crippen LogP contribution in [0.3, 0.4) is 0 Å². The van der Waals surface area contributed by atoms with E-state index in [0.29, 0.717) is 12.1 Å². The fourth-order valence-corrected chi connectivity index (χ4v) is 2.69. The van der Waals surface area contributed by atoms with Gasteiger partial charge in [0.1, 0.15) is 6.54 Å². The van der Waals surface area contributed by atoms with Crippen molar-refractivity contribution < 1.29 is 14.8 Å². The highest BCUT2D eigenvalue weighted by Crippen LogP contribution is 2.23. The van der Waals surface area contributed by atoms with Gasteiger partial charge in [-0.3, -0.25) is 0 Å². The average Bonchev–Trinajstić information content (AvgIpc) is 2.61. The minimum absolute atomic E-state index is 0.190. The molecule has 0 amide bonds. The van der Waals surface area contributed by atoms with E-state index in [0.717, 1.165) is 16.7 Å². The Balaban J connectivity index is 2.10. The van der Waals surface area contributed by atoms with Gasteiger partial charge in [-0.25, -0.2) is 4.79 Å². The maximum absolute atomic E-state index is 11.8. The van der Waals surface area contributed by atoms with Gasteiger partial charge < -0.3 is 10.1 Å².